The number of aromatic nitrogens is 3. The van der Waals surface area contributed by atoms with E-state index in [1.54, 1.807) is 0 Å². The van der Waals surface area contributed by atoms with Crippen LogP contribution < -0.4 is 0 Å². The van der Waals surface area contributed by atoms with Crippen molar-refractivity contribution in [3.63, 3.8) is 0 Å². The Balaban J connectivity index is 1.49. The molecule has 0 atom stereocenters. The van der Waals surface area contributed by atoms with E-state index < -0.39 is 0 Å². The fourth-order valence-electron chi connectivity index (χ4n) is 3.62. The number of rotatable bonds is 6. The lowest BCUT2D eigenvalue weighted by atomic mass is 10.0. The number of hydrogen-bond donors (Lipinski definition) is 1. The molecule has 0 bridgehead atoms. The number of benzene rings is 1. The molecule has 0 spiro atoms. The number of aryl methyl sites for hydroxylation is 2. The molecule has 0 saturated carbocycles. The van der Waals surface area contributed by atoms with E-state index in [-0.39, 0.29) is 0 Å². The summed E-state index contributed by atoms with van der Waals surface area (Å²) in [6, 6.07) is 8.47. The van der Waals surface area contributed by atoms with Crippen LogP contribution in [-0.4, -0.2) is 26.6 Å². The Hall–Kier alpha value is -2.40. The summed E-state index contributed by atoms with van der Waals surface area (Å²) >= 11 is 0. The second kappa shape index (κ2) is 7.46. The average molecular weight is 350 g/mol. The first-order valence-electron chi connectivity index (χ1n) is 9.52. The van der Waals surface area contributed by atoms with Crippen molar-refractivity contribution in [2.45, 2.75) is 52.6 Å². The van der Waals surface area contributed by atoms with Crippen molar-refractivity contribution in [1.82, 2.24) is 20.0 Å². The summed E-state index contributed by atoms with van der Waals surface area (Å²) in [5, 5.41) is 4.37. The van der Waals surface area contributed by atoms with Crippen LogP contribution in [0.15, 0.2) is 35.0 Å². The molecular formula is C21H26N4O. The van der Waals surface area contributed by atoms with Gasteiger partial charge in [-0.05, 0) is 19.4 Å². The third kappa shape index (κ3) is 3.58. The number of unbranched alkanes of at least 4 members (excludes halogenated alkanes) is 1. The topological polar surface area (TPSA) is 58.0 Å². The molecule has 0 unspecified atom stereocenters. The smallest absolute Gasteiger partial charge is 0.143 e. The highest BCUT2D eigenvalue weighted by molar-refractivity contribution is 5.64. The molecule has 0 saturated heterocycles. The van der Waals surface area contributed by atoms with Crippen molar-refractivity contribution in [2.24, 2.45) is 0 Å². The summed E-state index contributed by atoms with van der Waals surface area (Å²) in [5.41, 5.74) is 5.78. The average Bonchev–Trinajstić information content (AvgIpc) is 3.26. The van der Waals surface area contributed by atoms with Crippen molar-refractivity contribution < 1.29 is 4.52 Å². The molecule has 136 valence electrons. The monoisotopic (exact) mass is 350 g/mol. The van der Waals surface area contributed by atoms with Crippen LogP contribution in [0.2, 0.25) is 0 Å². The van der Waals surface area contributed by atoms with E-state index in [1.165, 1.54) is 29.7 Å². The Labute approximate surface area is 154 Å². The van der Waals surface area contributed by atoms with Gasteiger partial charge in [-0.25, -0.2) is 4.98 Å². The minimum atomic E-state index is 0.866. The lowest BCUT2D eigenvalue weighted by Crippen LogP contribution is -2.29. The summed E-state index contributed by atoms with van der Waals surface area (Å²) in [6.07, 6.45) is 6.30. The standard InChI is InChI=1S/C21H26N4O/c1-3-4-8-20-22-12-17(23-20)13-25-10-9-19-18(14-25)21(24-26-19)16-7-5-6-15(2)11-16/h5-7,11-12H,3-4,8-10,13-14H2,1-2H3,(H,22,23). The summed E-state index contributed by atoms with van der Waals surface area (Å²) in [5.74, 6) is 2.14. The Kier molecular flexibility index (Phi) is 4.89. The fraction of sp³-hybridized carbons (Fsp3) is 0.429. The number of aromatic amines is 1. The molecule has 5 heteroatoms. The summed E-state index contributed by atoms with van der Waals surface area (Å²) in [7, 11) is 0. The number of nitrogens with one attached hydrogen (secondary N) is 1. The van der Waals surface area contributed by atoms with Crippen molar-refractivity contribution in [2.75, 3.05) is 6.54 Å². The molecule has 5 nitrogen and oxygen atoms in total. The molecule has 0 aliphatic carbocycles. The Morgan fingerprint density at radius 1 is 1.31 bits per heavy atom. The van der Waals surface area contributed by atoms with E-state index in [0.717, 1.165) is 55.3 Å². The minimum absolute atomic E-state index is 0.866. The number of nitrogens with zero attached hydrogens (tertiary/aromatic N) is 3. The Bertz CT molecular complexity index is 880. The van der Waals surface area contributed by atoms with Gasteiger partial charge in [0, 0.05) is 55.5 Å². The van der Waals surface area contributed by atoms with E-state index in [4.69, 9.17) is 4.52 Å². The fourth-order valence-corrected chi connectivity index (χ4v) is 3.62. The van der Waals surface area contributed by atoms with Gasteiger partial charge in [0.25, 0.3) is 0 Å². The van der Waals surface area contributed by atoms with Gasteiger partial charge in [0.15, 0.2) is 0 Å². The molecule has 4 rings (SSSR count). The van der Waals surface area contributed by atoms with Crippen molar-refractivity contribution in [3.05, 3.63) is 58.9 Å². The predicted molar refractivity (Wildman–Crippen MR) is 102 cm³/mol. The highest BCUT2D eigenvalue weighted by Crippen LogP contribution is 2.30. The molecule has 0 fully saturated rings. The van der Waals surface area contributed by atoms with Gasteiger partial charge in [-0.15, -0.1) is 0 Å². The molecule has 1 aromatic carbocycles. The van der Waals surface area contributed by atoms with Crippen LogP contribution in [-0.2, 0) is 25.9 Å². The lowest BCUT2D eigenvalue weighted by molar-refractivity contribution is 0.226. The van der Waals surface area contributed by atoms with Gasteiger partial charge < -0.3 is 9.51 Å². The zero-order chi connectivity index (χ0) is 17.9. The molecule has 1 N–H and O–H groups in total. The van der Waals surface area contributed by atoms with Crippen molar-refractivity contribution in [1.29, 1.82) is 0 Å². The van der Waals surface area contributed by atoms with E-state index in [1.807, 2.05) is 6.20 Å². The zero-order valence-corrected chi connectivity index (χ0v) is 15.6. The van der Waals surface area contributed by atoms with Crippen LogP contribution in [0.25, 0.3) is 11.3 Å². The molecule has 3 heterocycles. The van der Waals surface area contributed by atoms with Crippen LogP contribution in [0.4, 0.5) is 0 Å². The van der Waals surface area contributed by atoms with Crippen LogP contribution in [0.1, 0.15) is 48.2 Å². The van der Waals surface area contributed by atoms with Gasteiger partial charge >= 0.3 is 0 Å². The normalized spacial score (nSPS) is 14.5. The first-order valence-corrected chi connectivity index (χ1v) is 9.52. The van der Waals surface area contributed by atoms with Crippen LogP contribution >= 0.6 is 0 Å². The second-order valence-electron chi connectivity index (χ2n) is 7.22. The largest absolute Gasteiger partial charge is 0.360 e. The molecule has 2 aromatic heterocycles. The van der Waals surface area contributed by atoms with Crippen molar-refractivity contribution in [3.8, 4) is 11.3 Å². The maximum Gasteiger partial charge on any atom is 0.143 e. The number of imidazole rings is 1. The van der Waals surface area contributed by atoms with E-state index in [2.05, 4.69) is 58.1 Å². The highest BCUT2D eigenvalue weighted by atomic mass is 16.5. The van der Waals surface area contributed by atoms with E-state index in [9.17, 15) is 0 Å². The van der Waals surface area contributed by atoms with Gasteiger partial charge in [-0.2, -0.15) is 0 Å². The van der Waals surface area contributed by atoms with Crippen LogP contribution in [0.3, 0.4) is 0 Å². The maximum absolute atomic E-state index is 5.63. The summed E-state index contributed by atoms with van der Waals surface area (Å²) in [6.45, 7) is 7.05. The second-order valence-corrected chi connectivity index (χ2v) is 7.22. The van der Waals surface area contributed by atoms with Gasteiger partial charge in [0.1, 0.15) is 17.3 Å². The molecule has 1 aliphatic heterocycles. The van der Waals surface area contributed by atoms with E-state index >= 15 is 0 Å². The van der Waals surface area contributed by atoms with E-state index in [0.29, 0.717) is 0 Å². The van der Waals surface area contributed by atoms with Crippen molar-refractivity contribution >= 4 is 0 Å². The zero-order valence-electron chi connectivity index (χ0n) is 15.6. The molecule has 0 amide bonds. The first kappa shape index (κ1) is 17.0. The number of hydrogen-bond acceptors (Lipinski definition) is 4. The number of H-pyrrole nitrogens is 1. The maximum atomic E-state index is 5.63. The lowest BCUT2D eigenvalue weighted by Gasteiger charge is -2.25. The third-order valence-electron chi connectivity index (χ3n) is 5.04. The van der Waals surface area contributed by atoms with Gasteiger partial charge in [0.05, 0.1) is 0 Å². The quantitative estimate of drug-likeness (QED) is 0.721. The van der Waals surface area contributed by atoms with Gasteiger partial charge in [0.2, 0.25) is 0 Å². The Morgan fingerprint density at radius 2 is 2.23 bits per heavy atom. The number of fused-ring (bicyclic) bond motifs is 1. The minimum Gasteiger partial charge on any atom is -0.360 e. The SMILES string of the molecule is CCCCc1ncc(CN2CCc3onc(-c4cccc(C)c4)c3C2)[nH]1. The summed E-state index contributed by atoms with van der Waals surface area (Å²) < 4.78 is 5.63. The molecule has 26 heavy (non-hydrogen) atoms. The molecule has 0 radical (unpaired) electrons. The molecular weight excluding hydrogens is 324 g/mol. The summed E-state index contributed by atoms with van der Waals surface area (Å²) in [4.78, 5) is 10.4. The van der Waals surface area contributed by atoms with Crippen LogP contribution in [0.5, 0.6) is 0 Å². The molecule has 3 aromatic rings. The predicted octanol–water partition coefficient (Wildman–Crippen LogP) is 4.27. The van der Waals surface area contributed by atoms with Crippen LogP contribution in [0, 0.1) is 6.92 Å². The molecule has 1 aliphatic rings. The third-order valence-corrected chi connectivity index (χ3v) is 5.04. The Morgan fingerprint density at radius 3 is 3.08 bits per heavy atom. The van der Waals surface area contributed by atoms with Gasteiger partial charge in [-0.1, -0.05) is 42.3 Å². The first-order chi connectivity index (χ1) is 12.7. The highest BCUT2D eigenvalue weighted by Gasteiger charge is 2.25. The van der Waals surface area contributed by atoms with Gasteiger partial charge in [-0.3, -0.25) is 4.90 Å².